The van der Waals surface area contributed by atoms with Crippen molar-refractivity contribution in [3.05, 3.63) is 48.2 Å². The van der Waals surface area contributed by atoms with Gasteiger partial charge in [0.15, 0.2) is 5.96 Å². The van der Waals surface area contributed by atoms with Gasteiger partial charge < -0.3 is 24.8 Å². The second-order valence-electron chi connectivity index (χ2n) is 5.73. The minimum atomic E-state index is 0.526. The van der Waals surface area contributed by atoms with Gasteiger partial charge in [-0.3, -0.25) is 4.99 Å². The molecular formula is C20H28N4O3. The van der Waals surface area contributed by atoms with Crippen molar-refractivity contribution in [2.45, 2.75) is 19.9 Å². The molecule has 2 N–H and O–H groups in total. The summed E-state index contributed by atoms with van der Waals surface area (Å²) in [5.74, 6) is 2.97. The van der Waals surface area contributed by atoms with E-state index < -0.39 is 0 Å². The van der Waals surface area contributed by atoms with Crippen LogP contribution in [0.4, 0.5) is 0 Å². The van der Waals surface area contributed by atoms with Crippen LogP contribution in [0, 0.1) is 0 Å². The fourth-order valence-electron chi connectivity index (χ4n) is 2.22. The van der Waals surface area contributed by atoms with Crippen LogP contribution in [-0.2, 0) is 6.54 Å². The van der Waals surface area contributed by atoms with Crippen molar-refractivity contribution in [1.82, 2.24) is 15.6 Å². The number of methoxy groups -OCH3 is 1. The molecule has 0 saturated carbocycles. The average Bonchev–Trinajstić information content (AvgIpc) is 2.73. The quantitative estimate of drug-likeness (QED) is 0.379. The van der Waals surface area contributed by atoms with E-state index in [0.29, 0.717) is 38.1 Å². The molecule has 0 aliphatic rings. The van der Waals surface area contributed by atoms with Crippen LogP contribution in [0.2, 0.25) is 0 Å². The average molecular weight is 372 g/mol. The summed E-state index contributed by atoms with van der Waals surface area (Å²) >= 11 is 0. The van der Waals surface area contributed by atoms with E-state index >= 15 is 0 Å². The molecule has 27 heavy (non-hydrogen) atoms. The van der Waals surface area contributed by atoms with Gasteiger partial charge in [-0.05, 0) is 36.2 Å². The summed E-state index contributed by atoms with van der Waals surface area (Å²) < 4.78 is 16.3. The lowest BCUT2D eigenvalue weighted by molar-refractivity contribution is 0.305. The molecule has 0 spiro atoms. The molecule has 0 unspecified atom stereocenters. The molecule has 0 aliphatic heterocycles. The van der Waals surface area contributed by atoms with Crippen LogP contribution >= 0.6 is 0 Å². The van der Waals surface area contributed by atoms with Gasteiger partial charge in [-0.25, -0.2) is 4.98 Å². The van der Waals surface area contributed by atoms with Crippen molar-refractivity contribution in [3.8, 4) is 17.4 Å². The Kier molecular flexibility index (Phi) is 8.76. The number of ether oxygens (including phenoxy) is 3. The molecule has 0 amide bonds. The van der Waals surface area contributed by atoms with E-state index in [2.05, 4.69) is 27.5 Å². The van der Waals surface area contributed by atoms with Gasteiger partial charge in [-0.2, -0.15) is 0 Å². The summed E-state index contributed by atoms with van der Waals surface area (Å²) in [5, 5.41) is 6.46. The Labute approximate surface area is 160 Å². The summed E-state index contributed by atoms with van der Waals surface area (Å²) in [4.78, 5) is 8.50. The Hall–Kier alpha value is -2.96. The van der Waals surface area contributed by atoms with E-state index in [9.17, 15) is 0 Å². The smallest absolute Gasteiger partial charge is 0.213 e. The summed E-state index contributed by atoms with van der Waals surface area (Å²) in [7, 11) is 3.38. The Morgan fingerprint density at radius 2 is 1.78 bits per heavy atom. The summed E-state index contributed by atoms with van der Waals surface area (Å²) in [6, 6.07) is 11.4. The van der Waals surface area contributed by atoms with Crippen LogP contribution in [0.25, 0.3) is 0 Å². The lowest BCUT2D eigenvalue weighted by Gasteiger charge is -2.13. The molecule has 1 heterocycles. The number of hydrogen-bond donors (Lipinski definition) is 2. The van der Waals surface area contributed by atoms with Crippen LogP contribution in [0.3, 0.4) is 0 Å². The highest BCUT2D eigenvalue weighted by molar-refractivity contribution is 5.79. The number of aromatic nitrogens is 1. The largest absolute Gasteiger partial charge is 0.497 e. The molecule has 0 saturated heterocycles. The molecule has 2 rings (SSSR count). The van der Waals surface area contributed by atoms with Gasteiger partial charge in [0.05, 0.1) is 20.3 Å². The molecule has 0 atom stereocenters. The third-order valence-corrected chi connectivity index (χ3v) is 3.66. The number of guanidine groups is 1. The third kappa shape index (κ3) is 7.43. The number of rotatable bonds is 10. The Bertz CT molecular complexity index is 687. The van der Waals surface area contributed by atoms with E-state index in [-0.39, 0.29) is 0 Å². The van der Waals surface area contributed by atoms with Gasteiger partial charge in [0.2, 0.25) is 5.88 Å². The van der Waals surface area contributed by atoms with Crippen molar-refractivity contribution in [2.24, 2.45) is 4.99 Å². The molecule has 0 fully saturated rings. The van der Waals surface area contributed by atoms with Gasteiger partial charge in [0, 0.05) is 25.9 Å². The zero-order chi connectivity index (χ0) is 19.3. The number of pyridine rings is 1. The maximum atomic E-state index is 5.68. The fourth-order valence-corrected chi connectivity index (χ4v) is 2.22. The molecular weight excluding hydrogens is 344 g/mol. The van der Waals surface area contributed by atoms with Crippen molar-refractivity contribution in [3.63, 3.8) is 0 Å². The van der Waals surface area contributed by atoms with Crippen LogP contribution in [-0.4, -0.2) is 44.9 Å². The zero-order valence-corrected chi connectivity index (χ0v) is 16.2. The predicted molar refractivity (Wildman–Crippen MR) is 107 cm³/mol. The van der Waals surface area contributed by atoms with E-state index in [1.165, 1.54) is 0 Å². The first kappa shape index (κ1) is 20.4. The number of hydrogen-bond acceptors (Lipinski definition) is 5. The van der Waals surface area contributed by atoms with Crippen LogP contribution in [0.15, 0.2) is 47.6 Å². The molecule has 1 aromatic carbocycles. The number of nitrogens with one attached hydrogen (secondary N) is 2. The van der Waals surface area contributed by atoms with Gasteiger partial charge in [0.1, 0.15) is 18.1 Å². The molecule has 7 heteroatoms. The number of nitrogens with zero attached hydrogens (tertiary/aromatic N) is 2. The van der Waals surface area contributed by atoms with E-state index in [1.54, 1.807) is 20.4 Å². The second-order valence-corrected chi connectivity index (χ2v) is 5.73. The van der Waals surface area contributed by atoms with Gasteiger partial charge in [-0.1, -0.05) is 13.0 Å². The minimum Gasteiger partial charge on any atom is -0.497 e. The van der Waals surface area contributed by atoms with Crippen molar-refractivity contribution in [1.29, 1.82) is 0 Å². The van der Waals surface area contributed by atoms with Crippen molar-refractivity contribution < 1.29 is 14.2 Å². The topological polar surface area (TPSA) is 77.0 Å². The van der Waals surface area contributed by atoms with Crippen LogP contribution in [0.1, 0.15) is 18.9 Å². The molecule has 0 bridgehead atoms. The lowest BCUT2D eigenvalue weighted by Crippen LogP contribution is -2.38. The highest BCUT2D eigenvalue weighted by Crippen LogP contribution is 2.16. The summed E-state index contributed by atoms with van der Waals surface area (Å²) in [6.45, 7) is 4.53. The first-order chi connectivity index (χ1) is 13.2. The molecule has 0 radical (unpaired) electrons. The molecule has 2 aromatic rings. The zero-order valence-electron chi connectivity index (χ0n) is 16.2. The first-order valence-electron chi connectivity index (χ1n) is 9.04. The van der Waals surface area contributed by atoms with Gasteiger partial charge in [-0.15, -0.1) is 0 Å². The van der Waals surface area contributed by atoms with Crippen molar-refractivity contribution >= 4 is 5.96 Å². The minimum absolute atomic E-state index is 0.526. The highest BCUT2D eigenvalue weighted by atomic mass is 16.5. The Balaban J connectivity index is 1.67. The predicted octanol–water partition coefficient (Wildman–Crippen LogP) is 2.62. The van der Waals surface area contributed by atoms with Crippen LogP contribution in [0.5, 0.6) is 17.4 Å². The standard InChI is InChI=1S/C20H28N4O3/c1-4-12-27-19-10-5-16(14-23-19)15-24-20(21-2)22-11-13-26-18-8-6-17(25-3)7-9-18/h5-10,14H,4,11-13,15H2,1-3H3,(H2,21,22,24). The molecule has 1 aromatic heterocycles. The molecule has 7 nitrogen and oxygen atoms in total. The summed E-state index contributed by atoms with van der Waals surface area (Å²) in [5.41, 5.74) is 1.05. The normalized spacial score (nSPS) is 11.0. The monoisotopic (exact) mass is 372 g/mol. The first-order valence-corrected chi connectivity index (χ1v) is 9.04. The molecule has 0 aliphatic carbocycles. The SMILES string of the molecule is CCCOc1ccc(CNC(=NC)NCCOc2ccc(OC)cc2)cn1. The Morgan fingerprint density at radius 3 is 2.41 bits per heavy atom. The van der Waals surface area contributed by atoms with Gasteiger partial charge in [0.25, 0.3) is 0 Å². The highest BCUT2D eigenvalue weighted by Gasteiger charge is 2.01. The number of aliphatic imine (C=N–C) groups is 1. The van der Waals surface area contributed by atoms with E-state index in [0.717, 1.165) is 23.5 Å². The third-order valence-electron chi connectivity index (χ3n) is 3.66. The van der Waals surface area contributed by atoms with E-state index in [1.807, 2.05) is 36.4 Å². The fraction of sp³-hybridized carbons (Fsp3) is 0.400. The molecule has 146 valence electrons. The van der Waals surface area contributed by atoms with E-state index in [4.69, 9.17) is 14.2 Å². The lowest BCUT2D eigenvalue weighted by atomic mass is 10.3. The Morgan fingerprint density at radius 1 is 1.00 bits per heavy atom. The number of benzene rings is 1. The van der Waals surface area contributed by atoms with Gasteiger partial charge >= 0.3 is 0 Å². The van der Waals surface area contributed by atoms with Crippen LogP contribution < -0.4 is 24.8 Å². The summed E-state index contributed by atoms with van der Waals surface area (Å²) in [6.07, 6.45) is 2.77. The maximum Gasteiger partial charge on any atom is 0.213 e. The second kappa shape index (κ2) is 11.6. The maximum absolute atomic E-state index is 5.68. The van der Waals surface area contributed by atoms with Crippen molar-refractivity contribution in [2.75, 3.05) is 33.9 Å².